The van der Waals surface area contributed by atoms with Crippen LogP contribution in [0.2, 0.25) is 5.02 Å². The fourth-order valence-electron chi connectivity index (χ4n) is 2.67. The van der Waals surface area contributed by atoms with E-state index in [0.717, 1.165) is 0 Å². The van der Waals surface area contributed by atoms with Gasteiger partial charge in [-0.1, -0.05) is 17.7 Å². The zero-order chi connectivity index (χ0) is 18.8. The maximum Gasteiger partial charge on any atom is 0.322 e. The highest BCUT2D eigenvalue weighted by atomic mass is 35.5. The van der Waals surface area contributed by atoms with E-state index in [2.05, 4.69) is 30.8 Å². The SMILES string of the molecule is O=C(Nc1n[nH]c(-c2ccccn2)n1)c1ccc(Cl)c(N2CCNC2=O)c1. The van der Waals surface area contributed by atoms with Crippen molar-refractivity contribution in [3.05, 3.63) is 53.2 Å². The average Bonchev–Trinajstić information content (AvgIpc) is 3.32. The van der Waals surface area contributed by atoms with E-state index in [9.17, 15) is 9.59 Å². The zero-order valence-corrected chi connectivity index (χ0v) is 14.7. The second-order valence-electron chi connectivity index (χ2n) is 5.73. The Labute approximate surface area is 158 Å². The number of anilines is 2. The fraction of sp³-hybridized carbons (Fsp3) is 0.118. The van der Waals surface area contributed by atoms with Crippen LogP contribution in [0, 0.1) is 0 Å². The summed E-state index contributed by atoms with van der Waals surface area (Å²) in [7, 11) is 0. The molecular weight excluding hydrogens is 370 g/mol. The van der Waals surface area contributed by atoms with Crippen molar-refractivity contribution in [2.24, 2.45) is 0 Å². The number of halogens is 1. The minimum absolute atomic E-state index is 0.121. The highest BCUT2D eigenvalue weighted by Crippen LogP contribution is 2.28. The van der Waals surface area contributed by atoms with Gasteiger partial charge in [-0.15, -0.1) is 5.10 Å². The molecule has 4 rings (SSSR count). The molecular formula is C17H14ClN7O2. The Morgan fingerprint density at radius 1 is 1.26 bits per heavy atom. The van der Waals surface area contributed by atoms with Crippen LogP contribution in [0.3, 0.4) is 0 Å². The molecule has 1 aliphatic heterocycles. The third-order valence-corrected chi connectivity index (χ3v) is 4.29. The van der Waals surface area contributed by atoms with E-state index in [4.69, 9.17) is 11.6 Å². The minimum atomic E-state index is -0.418. The molecule has 1 saturated heterocycles. The van der Waals surface area contributed by atoms with Crippen LogP contribution in [0.25, 0.3) is 11.5 Å². The number of carbonyl (C=O) groups excluding carboxylic acids is 2. The molecule has 0 radical (unpaired) electrons. The minimum Gasteiger partial charge on any atom is -0.336 e. The van der Waals surface area contributed by atoms with E-state index >= 15 is 0 Å². The predicted octanol–water partition coefficient (Wildman–Crippen LogP) is 2.30. The summed E-state index contributed by atoms with van der Waals surface area (Å²) in [5.74, 6) is 0.145. The maximum absolute atomic E-state index is 12.5. The van der Waals surface area contributed by atoms with Gasteiger partial charge in [0.1, 0.15) is 5.69 Å². The number of rotatable bonds is 4. The molecule has 10 heteroatoms. The number of benzene rings is 1. The van der Waals surface area contributed by atoms with Gasteiger partial charge in [0.2, 0.25) is 5.95 Å². The first-order valence-electron chi connectivity index (χ1n) is 8.12. The summed E-state index contributed by atoms with van der Waals surface area (Å²) >= 11 is 6.19. The smallest absolute Gasteiger partial charge is 0.322 e. The van der Waals surface area contributed by atoms with E-state index in [1.165, 1.54) is 4.90 Å². The lowest BCUT2D eigenvalue weighted by Gasteiger charge is -2.16. The van der Waals surface area contributed by atoms with Gasteiger partial charge >= 0.3 is 6.03 Å². The van der Waals surface area contributed by atoms with Gasteiger partial charge < -0.3 is 5.32 Å². The normalized spacial score (nSPS) is 13.5. The summed E-state index contributed by atoms with van der Waals surface area (Å²) in [6.07, 6.45) is 1.64. The molecule has 0 unspecified atom stereocenters. The molecule has 1 aromatic carbocycles. The van der Waals surface area contributed by atoms with Crippen molar-refractivity contribution in [1.29, 1.82) is 0 Å². The molecule has 3 heterocycles. The van der Waals surface area contributed by atoms with Gasteiger partial charge in [0, 0.05) is 24.8 Å². The number of nitrogens with zero attached hydrogens (tertiary/aromatic N) is 4. The van der Waals surface area contributed by atoms with Gasteiger partial charge in [-0.3, -0.25) is 25.1 Å². The summed E-state index contributed by atoms with van der Waals surface area (Å²) in [5, 5.41) is 12.4. The topological polar surface area (TPSA) is 116 Å². The van der Waals surface area contributed by atoms with E-state index in [0.29, 0.717) is 40.9 Å². The van der Waals surface area contributed by atoms with Gasteiger partial charge in [-0.05, 0) is 30.3 Å². The van der Waals surface area contributed by atoms with Crippen LogP contribution in [-0.2, 0) is 0 Å². The standard InChI is InChI=1S/C17H14ClN7O2/c18-11-5-4-10(9-13(11)25-8-7-20-17(25)27)15(26)22-16-21-14(23-24-16)12-3-1-2-6-19-12/h1-6,9H,7-8H2,(H,20,27)(H2,21,22,23,24,26). The molecule has 1 fully saturated rings. The lowest BCUT2D eigenvalue weighted by Crippen LogP contribution is -2.28. The molecule has 3 aromatic rings. The Bertz CT molecular complexity index is 1010. The molecule has 0 atom stereocenters. The Kier molecular flexibility index (Phi) is 4.43. The summed E-state index contributed by atoms with van der Waals surface area (Å²) in [5.41, 5.74) is 1.42. The first kappa shape index (κ1) is 17.0. The predicted molar refractivity (Wildman–Crippen MR) is 99.8 cm³/mol. The summed E-state index contributed by atoms with van der Waals surface area (Å²) in [6.45, 7) is 1.01. The first-order valence-corrected chi connectivity index (χ1v) is 8.50. The van der Waals surface area contributed by atoms with E-state index in [-0.39, 0.29) is 12.0 Å². The van der Waals surface area contributed by atoms with Crippen LogP contribution >= 0.6 is 11.6 Å². The van der Waals surface area contributed by atoms with Crippen LogP contribution in [-0.4, -0.2) is 45.2 Å². The molecule has 136 valence electrons. The van der Waals surface area contributed by atoms with Crippen LogP contribution in [0.1, 0.15) is 10.4 Å². The van der Waals surface area contributed by atoms with Crippen molar-refractivity contribution in [2.75, 3.05) is 23.3 Å². The number of pyridine rings is 1. The zero-order valence-electron chi connectivity index (χ0n) is 13.9. The number of aromatic amines is 1. The van der Waals surface area contributed by atoms with Crippen molar-refractivity contribution in [3.63, 3.8) is 0 Å². The molecule has 0 aliphatic carbocycles. The number of nitrogens with one attached hydrogen (secondary N) is 3. The monoisotopic (exact) mass is 383 g/mol. The Hall–Kier alpha value is -3.46. The number of hydrogen-bond acceptors (Lipinski definition) is 5. The molecule has 3 amide bonds. The molecule has 9 nitrogen and oxygen atoms in total. The Balaban J connectivity index is 1.54. The molecule has 3 N–H and O–H groups in total. The lowest BCUT2D eigenvalue weighted by molar-refractivity contribution is 0.102. The molecule has 0 saturated carbocycles. The van der Waals surface area contributed by atoms with Crippen molar-refractivity contribution in [1.82, 2.24) is 25.5 Å². The molecule has 2 aromatic heterocycles. The Morgan fingerprint density at radius 3 is 2.89 bits per heavy atom. The van der Waals surface area contributed by atoms with Crippen molar-refractivity contribution in [3.8, 4) is 11.5 Å². The number of carbonyl (C=O) groups is 2. The van der Waals surface area contributed by atoms with Gasteiger partial charge in [-0.25, -0.2) is 4.79 Å². The summed E-state index contributed by atoms with van der Waals surface area (Å²) in [6, 6.07) is 9.86. The van der Waals surface area contributed by atoms with Gasteiger partial charge in [0.15, 0.2) is 5.82 Å². The number of hydrogen-bond donors (Lipinski definition) is 3. The number of H-pyrrole nitrogens is 1. The quantitative estimate of drug-likeness (QED) is 0.639. The molecule has 0 spiro atoms. The van der Waals surface area contributed by atoms with Crippen LogP contribution in [0.4, 0.5) is 16.4 Å². The van der Waals surface area contributed by atoms with Crippen molar-refractivity contribution >= 4 is 35.2 Å². The molecule has 0 bridgehead atoms. The van der Waals surface area contributed by atoms with Crippen LogP contribution in [0.5, 0.6) is 0 Å². The summed E-state index contributed by atoms with van der Waals surface area (Å²) < 4.78 is 0. The fourth-order valence-corrected chi connectivity index (χ4v) is 2.89. The van der Waals surface area contributed by atoms with Crippen LogP contribution < -0.4 is 15.5 Å². The van der Waals surface area contributed by atoms with E-state index in [1.807, 2.05) is 6.07 Å². The number of urea groups is 1. The third kappa shape index (κ3) is 3.44. The van der Waals surface area contributed by atoms with Gasteiger partial charge in [0.25, 0.3) is 5.91 Å². The first-order chi connectivity index (χ1) is 13.1. The second-order valence-corrected chi connectivity index (χ2v) is 6.13. The largest absolute Gasteiger partial charge is 0.336 e. The van der Waals surface area contributed by atoms with Crippen molar-refractivity contribution in [2.45, 2.75) is 0 Å². The van der Waals surface area contributed by atoms with E-state index in [1.54, 1.807) is 36.5 Å². The lowest BCUT2D eigenvalue weighted by atomic mass is 10.1. The van der Waals surface area contributed by atoms with E-state index < -0.39 is 5.91 Å². The maximum atomic E-state index is 12.5. The van der Waals surface area contributed by atoms with Crippen molar-refractivity contribution < 1.29 is 9.59 Å². The second kappa shape index (κ2) is 7.04. The van der Waals surface area contributed by atoms with Crippen LogP contribution in [0.15, 0.2) is 42.6 Å². The molecule has 1 aliphatic rings. The molecule has 27 heavy (non-hydrogen) atoms. The van der Waals surface area contributed by atoms with Gasteiger partial charge in [0.05, 0.1) is 10.7 Å². The van der Waals surface area contributed by atoms with Gasteiger partial charge in [-0.2, -0.15) is 4.98 Å². The number of amides is 3. The highest BCUT2D eigenvalue weighted by molar-refractivity contribution is 6.34. The Morgan fingerprint density at radius 2 is 2.15 bits per heavy atom. The third-order valence-electron chi connectivity index (χ3n) is 3.97. The number of aromatic nitrogens is 4. The highest BCUT2D eigenvalue weighted by Gasteiger charge is 2.24. The average molecular weight is 384 g/mol. The summed E-state index contributed by atoms with van der Waals surface area (Å²) in [4.78, 5) is 34.3.